The van der Waals surface area contributed by atoms with Gasteiger partial charge in [-0.1, -0.05) is 48.5 Å². The lowest BCUT2D eigenvalue weighted by molar-refractivity contribution is -0.147. The molecular formula is C28H25O5S-. The van der Waals surface area contributed by atoms with Gasteiger partial charge < -0.3 is 9.29 Å². The van der Waals surface area contributed by atoms with Crippen molar-refractivity contribution in [2.24, 2.45) is 5.41 Å². The molecule has 3 aromatic rings. The highest BCUT2D eigenvalue weighted by molar-refractivity contribution is 7.85. The van der Waals surface area contributed by atoms with Crippen LogP contribution < -0.4 is 4.74 Å². The summed E-state index contributed by atoms with van der Waals surface area (Å²) >= 11 is 0. The van der Waals surface area contributed by atoms with Gasteiger partial charge >= 0.3 is 5.97 Å². The first-order valence-corrected chi connectivity index (χ1v) is 13.2. The lowest BCUT2D eigenvalue weighted by Gasteiger charge is -2.50. The van der Waals surface area contributed by atoms with Gasteiger partial charge in [0.05, 0.1) is 10.3 Å². The van der Waals surface area contributed by atoms with Crippen molar-refractivity contribution in [1.82, 2.24) is 0 Å². The van der Waals surface area contributed by atoms with Crippen molar-refractivity contribution in [3.63, 3.8) is 0 Å². The molecule has 0 N–H and O–H groups in total. The average Bonchev–Trinajstić information content (AvgIpc) is 2.83. The van der Waals surface area contributed by atoms with Crippen LogP contribution in [0.4, 0.5) is 0 Å². The molecule has 0 aromatic heterocycles. The highest BCUT2D eigenvalue weighted by atomic mass is 32.2. The van der Waals surface area contributed by atoms with E-state index in [0.29, 0.717) is 36.1 Å². The van der Waals surface area contributed by atoms with Crippen molar-refractivity contribution in [2.45, 2.75) is 55.8 Å². The number of hydrogen-bond donors (Lipinski definition) is 0. The smallest absolute Gasteiger partial charge is 0.318 e. The van der Waals surface area contributed by atoms with Crippen LogP contribution in [0.2, 0.25) is 0 Å². The second kappa shape index (κ2) is 7.52. The fourth-order valence-electron chi connectivity index (χ4n) is 6.51. The summed E-state index contributed by atoms with van der Waals surface area (Å²) in [6, 6.07) is 19.5. The lowest BCUT2D eigenvalue weighted by Crippen LogP contribution is -2.46. The number of esters is 1. The van der Waals surface area contributed by atoms with Gasteiger partial charge in [0, 0.05) is 11.8 Å². The molecule has 0 radical (unpaired) electrons. The minimum Gasteiger partial charge on any atom is -0.744 e. The average molecular weight is 474 g/mol. The molecule has 2 bridgehead atoms. The maximum Gasteiger partial charge on any atom is 0.318 e. The molecule has 6 heteroatoms. The summed E-state index contributed by atoms with van der Waals surface area (Å²) in [6.07, 6.45) is 3.42. The minimum absolute atomic E-state index is 0.116. The van der Waals surface area contributed by atoms with Crippen LogP contribution in [0.5, 0.6) is 5.75 Å². The van der Waals surface area contributed by atoms with Crippen LogP contribution in [0.3, 0.4) is 0 Å². The first kappa shape index (κ1) is 21.6. The Morgan fingerprint density at radius 2 is 1.44 bits per heavy atom. The van der Waals surface area contributed by atoms with Gasteiger partial charge in [-0.2, -0.15) is 0 Å². The van der Waals surface area contributed by atoms with Crippen LogP contribution in [0.1, 0.15) is 71.4 Å². The van der Waals surface area contributed by atoms with Crippen LogP contribution in [-0.2, 0) is 27.8 Å². The zero-order valence-corrected chi connectivity index (χ0v) is 19.7. The molecule has 0 saturated carbocycles. The van der Waals surface area contributed by atoms with Gasteiger partial charge in [-0.3, -0.25) is 4.79 Å². The van der Waals surface area contributed by atoms with E-state index in [9.17, 15) is 17.8 Å². The predicted octanol–water partition coefficient (Wildman–Crippen LogP) is 5.06. The van der Waals surface area contributed by atoms with Crippen molar-refractivity contribution in [2.75, 3.05) is 0 Å². The molecule has 0 amide bonds. The van der Waals surface area contributed by atoms with Gasteiger partial charge in [0.25, 0.3) is 0 Å². The predicted molar refractivity (Wildman–Crippen MR) is 126 cm³/mol. The molecule has 3 aromatic carbocycles. The maximum absolute atomic E-state index is 13.9. The highest BCUT2D eigenvalue weighted by Crippen LogP contribution is 2.61. The van der Waals surface area contributed by atoms with Crippen LogP contribution in [0, 0.1) is 5.41 Å². The topological polar surface area (TPSA) is 83.5 Å². The zero-order valence-electron chi connectivity index (χ0n) is 18.9. The van der Waals surface area contributed by atoms with Crippen LogP contribution in [0.15, 0.2) is 65.6 Å². The molecular weight excluding hydrogens is 448 g/mol. The van der Waals surface area contributed by atoms with Gasteiger partial charge in [-0.25, -0.2) is 8.42 Å². The molecule has 174 valence electrons. The second-order valence-corrected chi connectivity index (χ2v) is 11.3. The van der Waals surface area contributed by atoms with E-state index in [2.05, 4.69) is 36.4 Å². The number of hydrogen-bond acceptors (Lipinski definition) is 5. The molecule has 0 spiro atoms. The minimum atomic E-state index is -4.59. The SMILES string of the molecule is CC1(C(=O)Oc2ccc(S(=O)(=O)[O-])c3c2CCCC3)CC2c3ccccc3C1c1ccccc12. The van der Waals surface area contributed by atoms with Gasteiger partial charge in [0.2, 0.25) is 0 Å². The molecule has 0 heterocycles. The van der Waals surface area contributed by atoms with Gasteiger partial charge in [-0.15, -0.1) is 0 Å². The number of rotatable bonds is 3. The second-order valence-electron chi connectivity index (χ2n) is 9.93. The molecule has 34 heavy (non-hydrogen) atoms. The fourth-order valence-corrected chi connectivity index (χ4v) is 7.28. The molecule has 5 nitrogen and oxygen atoms in total. The summed E-state index contributed by atoms with van der Waals surface area (Å²) in [5, 5.41) is 0. The first-order valence-electron chi connectivity index (χ1n) is 11.8. The molecule has 1 atom stereocenters. The standard InChI is InChI=1S/C28H26O5S/c1-28(16-23-17-8-2-6-12-21(17)26(28)22-13-7-3-9-18(22)23)27(29)33-24-14-15-25(34(30,31)32)20-11-5-4-10-19(20)24/h2-3,6-9,12-15,23,26H,4-5,10-11,16H2,1H3,(H,30,31,32)/p-1. The lowest BCUT2D eigenvalue weighted by atomic mass is 9.53. The third kappa shape index (κ3) is 3.08. The molecule has 1 unspecified atom stereocenters. The van der Waals surface area contributed by atoms with E-state index < -0.39 is 15.5 Å². The van der Waals surface area contributed by atoms with Crippen LogP contribution >= 0.6 is 0 Å². The van der Waals surface area contributed by atoms with Crippen molar-refractivity contribution in [1.29, 1.82) is 0 Å². The first-order chi connectivity index (χ1) is 16.3. The van der Waals surface area contributed by atoms with E-state index in [1.165, 1.54) is 34.4 Å². The van der Waals surface area contributed by atoms with E-state index in [0.717, 1.165) is 12.8 Å². The molecule has 0 aliphatic heterocycles. The zero-order chi connectivity index (χ0) is 23.7. The maximum atomic E-state index is 13.9. The third-order valence-electron chi connectivity index (χ3n) is 8.02. The van der Waals surface area contributed by atoms with Gasteiger partial charge in [0.1, 0.15) is 15.9 Å². The fraction of sp³-hybridized carbons (Fsp3) is 0.321. The Bertz CT molecular complexity index is 1390. The Kier molecular flexibility index (Phi) is 4.77. The van der Waals surface area contributed by atoms with Crippen LogP contribution in [-0.4, -0.2) is 18.9 Å². The normalized spacial score (nSPS) is 24.6. The third-order valence-corrected chi connectivity index (χ3v) is 8.94. The van der Waals surface area contributed by atoms with Crippen molar-refractivity contribution < 1.29 is 22.5 Å². The summed E-state index contributed by atoms with van der Waals surface area (Å²) in [5.41, 5.74) is 5.33. The summed E-state index contributed by atoms with van der Waals surface area (Å²) in [7, 11) is -4.59. The Morgan fingerprint density at radius 3 is 2.03 bits per heavy atom. The number of benzene rings is 3. The van der Waals surface area contributed by atoms with E-state index in [4.69, 9.17) is 4.74 Å². The van der Waals surface area contributed by atoms with E-state index in [-0.39, 0.29) is 22.7 Å². The molecule has 4 aliphatic rings. The summed E-state index contributed by atoms with van der Waals surface area (Å²) in [4.78, 5) is 13.7. The number of carbonyl (C=O) groups is 1. The Balaban J connectivity index is 1.42. The number of fused-ring (bicyclic) bond motifs is 2. The van der Waals surface area contributed by atoms with E-state index >= 15 is 0 Å². The summed E-state index contributed by atoms with van der Waals surface area (Å²) in [5.74, 6) is 0.0831. The number of ether oxygens (including phenoxy) is 1. The highest BCUT2D eigenvalue weighted by Gasteiger charge is 2.55. The largest absolute Gasteiger partial charge is 0.744 e. The Morgan fingerprint density at radius 1 is 0.882 bits per heavy atom. The van der Waals surface area contributed by atoms with Crippen molar-refractivity contribution >= 4 is 16.1 Å². The van der Waals surface area contributed by atoms with Crippen molar-refractivity contribution in [3.05, 3.63) is 94.0 Å². The van der Waals surface area contributed by atoms with Crippen molar-refractivity contribution in [3.8, 4) is 5.75 Å². The Hall–Kier alpha value is -2.96. The summed E-state index contributed by atoms with van der Waals surface area (Å²) in [6.45, 7) is 1.99. The van der Waals surface area contributed by atoms with Crippen LogP contribution in [0.25, 0.3) is 0 Å². The van der Waals surface area contributed by atoms with E-state index in [1.807, 2.05) is 19.1 Å². The van der Waals surface area contributed by atoms with Gasteiger partial charge in [-0.05, 0) is 84.5 Å². The van der Waals surface area contributed by atoms with E-state index in [1.54, 1.807) is 0 Å². The number of carbonyl (C=O) groups excluding carboxylic acids is 1. The summed E-state index contributed by atoms with van der Waals surface area (Å²) < 4.78 is 41.5. The molecule has 7 rings (SSSR count). The van der Waals surface area contributed by atoms with Gasteiger partial charge in [0.15, 0.2) is 0 Å². The Labute approximate surface area is 199 Å². The molecule has 0 fully saturated rings. The molecule has 0 saturated heterocycles. The molecule has 4 aliphatic carbocycles. The monoisotopic (exact) mass is 473 g/mol. The quantitative estimate of drug-likeness (QED) is 0.302.